The minimum atomic E-state index is -0.625. The number of aliphatic hydroxyl groups is 1. The molecule has 1 amide bonds. The molecular formula is C24H25NO5. The van der Waals surface area contributed by atoms with Gasteiger partial charge in [-0.3, -0.25) is 9.59 Å². The molecule has 2 aromatic carbocycles. The Kier molecular flexibility index (Phi) is 5.86. The number of ether oxygens (including phenoxy) is 1. The average molecular weight is 407 g/mol. The molecule has 156 valence electrons. The molecule has 4 rings (SSSR count). The van der Waals surface area contributed by atoms with E-state index in [-0.39, 0.29) is 30.2 Å². The van der Waals surface area contributed by atoms with Gasteiger partial charge in [0.1, 0.15) is 11.3 Å². The van der Waals surface area contributed by atoms with E-state index in [1.54, 1.807) is 24.3 Å². The molecular weight excluding hydrogens is 382 g/mol. The summed E-state index contributed by atoms with van der Waals surface area (Å²) in [6.07, 6.45) is 3.19. The van der Waals surface area contributed by atoms with E-state index < -0.39 is 6.04 Å². The molecule has 1 N–H and O–H groups in total. The molecule has 0 saturated heterocycles. The monoisotopic (exact) mass is 407 g/mol. The first kappa shape index (κ1) is 20.2. The van der Waals surface area contributed by atoms with Crippen LogP contribution < -0.4 is 10.2 Å². The van der Waals surface area contributed by atoms with Crippen molar-refractivity contribution in [3.05, 3.63) is 75.6 Å². The van der Waals surface area contributed by atoms with Crippen molar-refractivity contribution in [1.29, 1.82) is 0 Å². The van der Waals surface area contributed by atoms with Gasteiger partial charge in [-0.1, -0.05) is 44.0 Å². The van der Waals surface area contributed by atoms with Crippen LogP contribution in [-0.2, 0) is 0 Å². The zero-order valence-electron chi connectivity index (χ0n) is 17.0. The Balaban J connectivity index is 1.78. The Morgan fingerprint density at radius 3 is 2.73 bits per heavy atom. The van der Waals surface area contributed by atoms with Gasteiger partial charge in [0.2, 0.25) is 5.76 Å². The highest BCUT2D eigenvalue weighted by Gasteiger charge is 2.42. The van der Waals surface area contributed by atoms with Gasteiger partial charge in [-0.05, 0) is 36.2 Å². The zero-order valence-corrected chi connectivity index (χ0v) is 17.0. The third-order valence-electron chi connectivity index (χ3n) is 5.40. The van der Waals surface area contributed by atoms with Crippen molar-refractivity contribution in [3.8, 4) is 5.75 Å². The summed E-state index contributed by atoms with van der Waals surface area (Å²) < 4.78 is 11.7. The molecule has 3 aromatic rings. The van der Waals surface area contributed by atoms with Crippen LogP contribution in [-0.4, -0.2) is 35.7 Å². The average Bonchev–Trinajstić information content (AvgIpc) is 3.04. The zero-order chi connectivity index (χ0) is 21.1. The topological polar surface area (TPSA) is 80.0 Å². The number of unbranched alkanes of at least 4 members (excludes halogenated alkanes) is 2. The lowest BCUT2D eigenvalue weighted by molar-refractivity contribution is 0.0691. The summed E-state index contributed by atoms with van der Waals surface area (Å²) in [6, 6.07) is 13.7. The minimum Gasteiger partial charge on any atom is -0.494 e. The Morgan fingerprint density at radius 1 is 1.10 bits per heavy atom. The molecule has 1 aromatic heterocycles. The molecule has 1 atom stereocenters. The van der Waals surface area contributed by atoms with Crippen molar-refractivity contribution in [2.75, 3.05) is 19.8 Å². The van der Waals surface area contributed by atoms with Gasteiger partial charge >= 0.3 is 0 Å². The second-order valence-corrected chi connectivity index (χ2v) is 7.42. The number of amides is 1. The third-order valence-corrected chi connectivity index (χ3v) is 5.40. The maximum absolute atomic E-state index is 13.3. The molecule has 6 nitrogen and oxygen atoms in total. The normalized spacial score (nSPS) is 15.6. The van der Waals surface area contributed by atoms with Gasteiger partial charge in [0.15, 0.2) is 5.43 Å². The molecule has 2 heterocycles. The van der Waals surface area contributed by atoms with Crippen molar-refractivity contribution in [2.45, 2.75) is 32.2 Å². The molecule has 0 saturated carbocycles. The Hall–Kier alpha value is -3.12. The van der Waals surface area contributed by atoms with Gasteiger partial charge in [0, 0.05) is 6.54 Å². The lowest BCUT2D eigenvalue weighted by atomic mass is 9.98. The van der Waals surface area contributed by atoms with Crippen LogP contribution in [0.5, 0.6) is 5.75 Å². The highest BCUT2D eigenvalue weighted by molar-refractivity contribution is 5.99. The molecule has 1 aliphatic rings. The predicted octanol–water partition coefficient (Wildman–Crippen LogP) is 3.90. The summed E-state index contributed by atoms with van der Waals surface area (Å²) in [4.78, 5) is 27.8. The summed E-state index contributed by atoms with van der Waals surface area (Å²) in [5.41, 5.74) is 1.23. The Morgan fingerprint density at radius 2 is 1.93 bits per heavy atom. The molecule has 6 heteroatoms. The molecule has 0 aliphatic carbocycles. The SMILES string of the molecule is CCCCCOc1cccc([C@H]2c3c(oc4ccccc4c3=O)C(=O)N2CCO)c1. The van der Waals surface area contributed by atoms with Gasteiger partial charge in [0.05, 0.1) is 30.2 Å². The van der Waals surface area contributed by atoms with Crippen molar-refractivity contribution in [2.24, 2.45) is 0 Å². The Bertz CT molecular complexity index is 1120. The lowest BCUT2D eigenvalue weighted by Crippen LogP contribution is -2.32. The van der Waals surface area contributed by atoms with Gasteiger partial charge in [-0.15, -0.1) is 0 Å². The van der Waals surface area contributed by atoms with Gasteiger partial charge < -0.3 is 19.2 Å². The molecule has 0 bridgehead atoms. The summed E-state index contributed by atoms with van der Waals surface area (Å²) in [5.74, 6) is 0.353. The van der Waals surface area contributed by atoms with Crippen molar-refractivity contribution in [3.63, 3.8) is 0 Å². The van der Waals surface area contributed by atoms with Crippen LogP contribution in [0.1, 0.15) is 53.9 Å². The number of β-amino-alcohol motifs (C(OH)–C–C–N with tert-alkyl or cyclic N) is 1. The van der Waals surface area contributed by atoms with Crippen LogP contribution in [0.25, 0.3) is 11.0 Å². The van der Waals surface area contributed by atoms with Gasteiger partial charge in [0.25, 0.3) is 5.91 Å². The second kappa shape index (κ2) is 8.71. The largest absolute Gasteiger partial charge is 0.494 e. The standard InChI is InChI=1S/C24H25NO5/c1-2-3-6-14-29-17-9-7-8-16(15-17)21-20-22(27)18-10-4-5-11-19(18)30-23(20)24(28)25(21)12-13-26/h4-5,7-11,15,21,26H,2-3,6,12-14H2,1H3/t21-/m0/s1. The Labute approximate surface area is 174 Å². The fourth-order valence-corrected chi connectivity index (χ4v) is 3.97. The second-order valence-electron chi connectivity index (χ2n) is 7.42. The van der Waals surface area contributed by atoms with Crippen LogP contribution in [0.3, 0.4) is 0 Å². The summed E-state index contributed by atoms with van der Waals surface area (Å²) in [7, 11) is 0. The molecule has 1 aliphatic heterocycles. The number of hydrogen-bond donors (Lipinski definition) is 1. The number of aliphatic hydroxyl groups excluding tert-OH is 1. The fraction of sp³-hybridized carbons (Fsp3) is 0.333. The highest BCUT2D eigenvalue weighted by Crippen LogP contribution is 2.38. The maximum Gasteiger partial charge on any atom is 0.290 e. The number of fused-ring (bicyclic) bond motifs is 2. The van der Waals surface area contributed by atoms with Crippen LogP contribution in [0.15, 0.2) is 57.7 Å². The minimum absolute atomic E-state index is 0.0476. The molecule has 0 unspecified atom stereocenters. The van der Waals surface area contributed by atoms with Crippen LogP contribution in [0.2, 0.25) is 0 Å². The van der Waals surface area contributed by atoms with E-state index in [1.165, 1.54) is 4.90 Å². The smallest absolute Gasteiger partial charge is 0.290 e. The van der Waals surface area contributed by atoms with E-state index in [2.05, 4.69) is 6.92 Å². The number of carbonyl (C=O) groups is 1. The third kappa shape index (κ3) is 3.59. The summed E-state index contributed by atoms with van der Waals surface area (Å²) in [5, 5.41) is 9.98. The van der Waals surface area contributed by atoms with E-state index in [0.717, 1.165) is 24.8 Å². The van der Waals surface area contributed by atoms with E-state index in [0.29, 0.717) is 28.9 Å². The van der Waals surface area contributed by atoms with Gasteiger partial charge in [-0.25, -0.2) is 0 Å². The maximum atomic E-state index is 13.3. The molecule has 30 heavy (non-hydrogen) atoms. The van der Waals surface area contributed by atoms with Crippen LogP contribution in [0.4, 0.5) is 0 Å². The number of benzene rings is 2. The first-order valence-corrected chi connectivity index (χ1v) is 10.4. The first-order valence-electron chi connectivity index (χ1n) is 10.4. The number of nitrogens with zero attached hydrogens (tertiary/aromatic N) is 1. The lowest BCUT2D eigenvalue weighted by Gasteiger charge is -2.24. The number of carbonyl (C=O) groups excluding carboxylic acids is 1. The predicted molar refractivity (Wildman–Crippen MR) is 114 cm³/mol. The van der Waals surface area contributed by atoms with E-state index in [9.17, 15) is 14.7 Å². The van der Waals surface area contributed by atoms with Crippen LogP contribution >= 0.6 is 0 Å². The molecule has 0 radical (unpaired) electrons. The van der Waals surface area contributed by atoms with Crippen molar-refractivity contribution in [1.82, 2.24) is 4.90 Å². The number of hydrogen-bond acceptors (Lipinski definition) is 5. The van der Waals surface area contributed by atoms with Crippen molar-refractivity contribution < 1.29 is 19.1 Å². The van der Waals surface area contributed by atoms with Gasteiger partial charge in [-0.2, -0.15) is 0 Å². The molecule has 0 spiro atoms. The van der Waals surface area contributed by atoms with Crippen molar-refractivity contribution >= 4 is 16.9 Å². The highest BCUT2D eigenvalue weighted by atomic mass is 16.5. The van der Waals surface area contributed by atoms with E-state index >= 15 is 0 Å². The quantitative estimate of drug-likeness (QED) is 0.573. The number of rotatable bonds is 8. The number of para-hydroxylation sites is 1. The van der Waals surface area contributed by atoms with E-state index in [1.807, 2.05) is 24.3 Å². The van der Waals surface area contributed by atoms with E-state index in [4.69, 9.17) is 9.15 Å². The summed E-state index contributed by atoms with van der Waals surface area (Å²) in [6.45, 7) is 2.65. The van der Waals surface area contributed by atoms with Crippen LogP contribution in [0, 0.1) is 0 Å². The summed E-state index contributed by atoms with van der Waals surface area (Å²) >= 11 is 0. The molecule has 0 fully saturated rings. The fourth-order valence-electron chi connectivity index (χ4n) is 3.97. The first-order chi connectivity index (χ1) is 14.7.